The molecule has 0 spiro atoms. The van der Waals surface area contributed by atoms with Crippen molar-refractivity contribution in [2.75, 3.05) is 13.1 Å². The molecule has 3 aromatic heterocycles. The highest BCUT2D eigenvalue weighted by molar-refractivity contribution is 6.12. The topological polar surface area (TPSA) is 71.1 Å². The molecule has 1 aromatic carbocycles. The first-order valence-electron chi connectivity index (χ1n) is 11.2. The maximum atomic E-state index is 12.4. The molecule has 0 radical (unpaired) electrons. The van der Waals surface area contributed by atoms with E-state index in [9.17, 15) is 4.79 Å². The zero-order valence-corrected chi connectivity index (χ0v) is 18.8. The number of fused-ring (bicyclic) bond motifs is 3. The Hall–Kier alpha value is -3.41. The molecule has 164 valence electrons. The van der Waals surface area contributed by atoms with E-state index in [0.717, 1.165) is 51.7 Å². The van der Waals surface area contributed by atoms with Gasteiger partial charge in [0.25, 0.3) is 0 Å². The minimum absolute atomic E-state index is 0.226. The third kappa shape index (κ3) is 3.93. The van der Waals surface area contributed by atoms with Crippen molar-refractivity contribution in [3.8, 4) is 11.3 Å². The van der Waals surface area contributed by atoms with E-state index in [1.165, 1.54) is 0 Å². The summed E-state index contributed by atoms with van der Waals surface area (Å²) in [4.78, 5) is 27.2. The van der Waals surface area contributed by atoms with Crippen LogP contribution in [-0.4, -0.2) is 44.6 Å². The molecule has 0 aliphatic carbocycles. The summed E-state index contributed by atoms with van der Waals surface area (Å²) in [6.45, 7) is 7.07. The molecule has 4 heterocycles. The Morgan fingerprint density at radius 1 is 1.06 bits per heavy atom. The molecule has 1 aliphatic heterocycles. The molecule has 5 rings (SSSR count). The number of H-pyrrole nitrogens is 1. The molecular weight excluding hydrogens is 400 g/mol. The molecule has 6 heteroatoms. The van der Waals surface area contributed by atoms with E-state index in [1.807, 2.05) is 44.0 Å². The Bertz CT molecular complexity index is 1280. The van der Waals surface area contributed by atoms with Crippen molar-refractivity contribution in [1.82, 2.24) is 19.9 Å². The second kappa shape index (κ2) is 7.93. The van der Waals surface area contributed by atoms with Crippen molar-refractivity contribution < 1.29 is 9.53 Å². The number of likely N-dealkylation sites (tertiary alicyclic amines) is 1. The van der Waals surface area contributed by atoms with Crippen molar-refractivity contribution in [3.05, 3.63) is 60.4 Å². The number of piperidine rings is 1. The molecule has 1 saturated heterocycles. The lowest BCUT2D eigenvalue weighted by Crippen LogP contribution is -2.41. The SMILES string of the molecule is CC(C)(C)OC(=O)N1CCC(c2cccc(-c3ccnc4[nH]c5ccccc5c34)n2)CC1. The monoisotopic (exact) mass is 428 g/mol. The van der Waals surface area contributed by atoms with Crippen LogP contribution < -0.4 is 0 Å². The summed E-state index contributed by atoms with van der Waals surface area (Å²) in [5.41, 5.74) is 4.60. The molecular formula is C26H28N4O2. The number of carbonyl (C=O) groups excluding carboxylic acids is 1. The molecule has 6 nitrogen and oxygen atoms in total. The van der Waals surface area contributed by atoms with Crippen molar-refractivity contribution in [1.29, 1.82) is 0 Å². The quantitative estimate of drug-likeness (QED) is 0.432. The molecule has 1 aliphatic rings. The second-order valence-electron chi connectivity index (χ2n) is 9.44. The summed E-state index contributed by atoms with van der Waals surface area (Å²) in [6, 6.07) is 16.6. The first-order chi connectivity index (χ1) is 15.4. The zero-order valence-electron chi connectivity index (χ0n) is 18.8. The molecule has 1 fully saturated rings. The van der Waals surface area contributed by atoms with Crippen LogP contribution in [0.5, 0.6) is 0 Å². The lowest BCUT2D eigenvalue weighted by atomic mass is 9.92. The Morgan fingerprint density at radius 2 is 1.84 bits per heavy atom. The van der Waals surface area contributed by atoms with Crippen LogP contribution in [0.4, 0.5) is 4.79 Å². The predicted molar refractivity (Wildman–Crippen MR) is 127 cm³/mol. The van der Waals surface area contributed by atoms with Crippen LogP contribution in [0.1, 0.15) is 45.2 Å². The summed E-state index contributed by atoms with van der Waals surface area (Å²) >= 11 is 0. The van der Waals surface area contributed by atoms with Gasteiger partial charge in [0.2, 0.25) is 0 Å². The summed E-state index contributed by atoms with van der Waals surface area (Å²) in [5.74, 6) is 0.328. The van der Waals surface area contributed by atoms with Crippen LogP contribution in [0.3, 0.4) is 0 Å². The van der Waals surface area contributed by atoms with Gasteiger partial charge in [-0.1, -0.05) is 24.3 Å². The maximum Gasteiger partial charge on any atom is 0.410 e. The fourth-order valence-corrected chi connectivity index (χ4v) is 4.49. The first-order valence-corrected chi connectivity index (χ1v) is 11.2. The number of carbonyl (C=O) groups is 1. The fourth-order valence-electron chi connectivity index (χ4n) is 4.49. The molecule has 4 aromatic rings. The molecule has 1 N–H and O–H groups in total. The Kier molecular flexibility index (Phi) is 5.08. The number of rotatable bonds is 2. The summed E-state index contributed by atoms with van der Waals surface area (Å²) in [7, 11) is 0. The van der Waals surface area contributed by atoms with Gasteiger partial charge in [0, 0.05) is 52.8 Å². The highest BCUT2D eigenvalue weighted by atomic mass is 16.6. The van der Waals surface area contributed by atoms with E-state index in [-0.39, 0.29) is 6.09 Å². The highest BCUT2D eigenvalue weighted by Gasteiger charge is 2.28. The second-order valence-corrected chi connectivity index (χ2v) is 9.44. The lowest BCUT2D eigenvalue weighted by molar-refractivity contribution is 0.0204. The van der Waals surface area contributed by atoms with Crippen LogP contribution in [0.15, 0.2) is 54.7 Å². The number of benzene rings is 1. The van der Waals surface area contributed by atoms with Crippen molar-refractivity contribution in [2.45, 2.75) is 45.1 Å². The normalized spacial score (nSPS) is 15.4. The molecule has 1 amide bonds. The molecule has 32 heavy (non-hydrogen) atoms. The predicted octanol–water partition coefficient (Wildman–Crippen LogP) is 5.89. The van der Waals surface area contributed by atoms with Crippen LogP contribution in [0, 0.1) is 0 Å². The Morgan fingerprint density at radius 3 is 2.62 bits per heavy atom. The minimum atomic E-state index is -0.470. The smallest absolute Gasteiger partial charge is 0.410 e. The van der Waals surface area contributed by atoms with Crippen LogP contribution >= 0.6 is 0 Å². The average molecular weight is 429 g/mol. The minimum Gasteiger partial charge on any atom is -0.444 e. The van der Waals surface area contributed by atoms with E-state index in [2.05, 4.69) is 46.4 Å². The van der Waals surface area contributed by atoms with E-state index < -0.39 is 5.60 Å². The molecule has 0 saturated carbocycles. The lowest BCUT2D eigenvalue weighted by Gasteiger charge is -2.33. The van der Waals surface area contributed by atoms with E-state index in [0.29, 0.717) is 19.0 Å². The van der Waals surface area contributed by atoms with Gasteiger partial charge in [0.1, 0.15) is 11.2 Å². The molecule has 0 atom stereocenters. The third-order valence-electron chi connectivity index (χ3n) is 6.01. The standard InChI is InChI=1S/C26H28N4O2/c1-26(2,3)32-25(31)30-15-12-17(13-16-30)20-9-6-10-21(28-20)19-11-14-27-24-23(19)18-7-4-5-8-22(18)29-24/h4-11,14,17H,12-13,15-16H2,1-3H3,(H,27,29). The number of hydrogen-bond acceptors (Lipinski definition) is 4. The average Bonchev–Trinajstić information content (AvgIpc) is 3.17. The number of amides is 1. The van der Waals surface area contributed by atoms with Crippen molar-refractivity contribution in [2.24, 2.45) is 0 Å². The number of hydrogen-bond donors (Lipinski definition) is 1. The number of aromatic amines is 1. The zero-order chi connectivity index (χ0) is 22.3. The number of aromatic nitrogens is 3. The summed E-state index contributed by atoms with van der Waals surface area (Å²) in [5, 5.41) is 2.26. The van der Waals surface area contributed by atoms with E-state index in [1.54, 1.807) is 0 Å². The van der Waals surface area contributed by atoms with Gasteiger partial charge in [-0.15, -0.1) is 0 Å². The Balaban J connectivity index is 1.40. The van der Waals surface area contributed by atoms with Gasteiger partial charge in [-0.2, -0.15) is 0 Å². The van der Waals surface area contributed by atoms with Crippen LogP contribution in [0.2, 0.25) is 0 Å². The third-order valence-corrected chi connectivity index (χ3v) is 6.01. The largest absolute Gasteiger partial charge is 0.444 e. The van der Waals surface area contributed by atoms with Gasteiger partial charge in [-0.3, -0.25) is 4.98 Å². The number of ether oxygens (including phenoxy) is 1. The van der Waals surface area contributed by atoms with Crippen molar-refractivity contribution >= 4 is 28.0 Å². The van der Waals surface area contributed by atoms with Gasteiger partial charge in [-0.05, 0) is 57.9 Å². The molecule has 0 unspecified atom stereocenters. The highest BCUT2D eigenvalue weighted by Crippen LogP contribution is 2.34. The summed E-state index contributed by atoms with van der Waals surface area (Å²) < 4.78 is 5.53. The number of para-hydroxylation sites is 1. The van der Waals surface area contributed by atoms with Gasteiger partial charge in [-0.25, -0.2) is 9.78 Å². The number of nitrogens with one attached hydrogen (secondary N) is 1. The van der Waals surface area contributed by atoms with Crippen LogP contribution in [0.25, 0.3) is 33.2 Å². The van der Waals surface area contributed by atoms with Gasteiger partial charge in [0.15, 0.2) is 0 Å². The van der Waals surface area contributed by atoms with Crippen molar-refractivity contribution in [3.63, 3.8) is 0 Å². The van der Waals surface area contributed by atoms with E-state index >= 15 is 0 Å². The van der Waals surface area contributed by atoms with Gasteiger partial charge < -0.3 is 14.6 Å². The number of pyridine rings is 2. The van der Waals surface area contributed by atoms with Crippen LogP contribution in [-0.2, 0) is 4.74 Å². The Labute approximate surface area is 187 Å². The molecule has 0 bridgehead atoms. The summed E-state index contributed by atoms with van der Waals surface area (Å²) in [6.07, 6.45) is 3.38. The fraction of sp³-hybridized carbons (Fsp3) is 0.346. The van der Waals surface area contributed by atoms with Gasteiger partial charge >= 0.3 is 6.09 Å². The van der Waals surface area contributed by atoms with Gasteiger partial charge in [0.05, 0.1) is 5.69 Å². The number of nitrogens with zero attached hydrogens (tertiary/aromatic N) is 3. The van der Waals surface area contributed by atoms with E-state index in [4.69, 9.17) is 9.72 Å². The first kappa shape index (κ1) is 20.5. The maximum absolute atomic E-state index is 12.4.